The second-order valence-electron chi connectivity index (χ2n) is 1.75. The molecule has 1 aliphatic heterocycles. The molecule has 0 aliphatic carbocycles. The lowest BCUT2D eigenvalue weighted by Crippen LogP contribution is -2.29. The predicted molar refractivity (Wildman–Crippen MR) is 34.4 cm³/mol. The summed E-state index contributed by atoms with van der Waals surface area (Å²) in [6, 6.07) is 0. The topological polar surface area (TPSA) is 18.5 Å². The summed E-state index contributed by atoms with van der Waals surface area (Å²) in [6.45, 7) is 2.18. The first-order valence-corrected chi connectivity index (χ1v) is 3.37. The molecule has 0 N–H and O–H groups in total. The van der Waals surface area contributed by atoms with Crippen LogP contribution in [0.3, 0.4) is 0 Å². The first-order chi connectivity index (χ1) is 3.93. The maximum Gasteiger partial charge on any atom is 0.0897 e. The van der Waals surface area contributed by atoms with Gasteiger partial charge in [-0.2, -0.15) is 12.6 Å². The van der Waals surface area contributed by atoms with Gasteiger partial charge in [-0.05, 0) is 0 Å². The van der Waals surface area contributed by atoms with E-state index in [2.05, 4.69) is 12.6 Å². The van der Waals surface area contributed by atoms with E-state index in [-0.39, 0.29) is 6.10 Å². The Balaban J connectivity index is 2.13. The molecule has 1 rings (SSSR count). The Morgan fingerprint density at radius 1 is 1.50 bits per heavy atom. The molecule has 1 heterocycles. The third kappa shape index (κ3) is 1.65. The van der Waals surface area contributed by atoms with Crippen molar-refractivity contribution >= 4 is 12.6 Å². The van der Waals surface area contributed by atoms with Crippen LogP contribution >= 0.6 is 12.6 Å². The van der Waals surface area contributed by atoms with Crippen LogP contribution in [0, 0.1) is 0 Å². The molecule has 1 aliphatic rings. The van der Waals surface area contributed by atoms with Crippen LogP contribution in [-0.2, 0) is 9.47 Å². The van der Waals surface area contributed by atoms with Crippen LogP contribution in [0.5, 0.6) is 0 Å². The van der Waals surface area contributed by atoms with Crippen molar-refractivity contribution in [3.63, 3.8) is 0 Å². The second kappa shape index (κ2) is 3.33. The summed E-state index contributed by atoms with van der Waals surface area (Å²) in [4.78, 5) is 0. The Hall–Kier alpha value is 0.270. The van der Waals surface area contributed by atoms with Crippen LogP contribution in [0.25, 0.3) is 0 Å². The number of ether oxygens (including phenoxy) is 2. The zero-order chi connectivity index (χ0) is 5.82. The van der Waals surface area contributed by atoms with Crippen LogP contribution in [0.1, 0.15) is 0 Å². The summed E-state index contributed by atoms with van der Waals surface area (Å²) in [6.07, 6.45) is 0.229. The Kier molecular flexibility index (Phi) is 2.66. The highest BCUT2D eigenvalue weighted by Gasteiger charge is 2.10. The molecule has 3 heteroatoms. The molecule has 0 aromatic heterocycles. The van der Waals surface area contributed by atoms with Crippen molar-refractivity contribution in [2.24, 2.45) is 0 Å². The molecule has 0 aromatic carbocycles. The summed E-state index contributed by atoms with van der Waals surface area (Å²) in [5.41, 5.74) is 0. The smallest absolute Gasteiger partial charge is 0.0897 e. The molecule has 0 unspecified atom stereocenters. The lowest BCUT2D eigenvalue weighted by atomic mass is 10.4. The lowest BCUT2D eigenvalue weighted by molar-refractivity contribution is -0.0775. The number of rotatable bonds is 1. The van der Waals surface area contributed by atoms with Gasteiger partial charge in [0.05, 0.1) is 25.9 Å². The van der Waals surface area contributed by atoms with Crippen molar-refractivity contribution in [1.82, 2.24) is 0 Å². The molecular formula is C5H10O2S. The van der Waals surface area contributed by atoms with Crippen molar-refractivity contribution in [2.45, 2.75) is 6.10 Å². The van der Waals surface area contributed by atoms with Crippen molar-refractivity contribution in [1.29, 1.82) is 0 Å². The number of thiol groups is 1. The van der Waals surface area contributed by atoms with E-state index in [4.69, 9.17) is 9.47 Å². The minimum atomic E-state index is 0.229. The highest BCUT2D eigenvalue weighted by molar-refractivity contribution is 7.80. The highest BCUT2D eigenvalue weighted by atomic mass is 32.1. The number of hydrogen-bond donors (Lipinski definition) is 1. The average molecular weight is 134 g/mol. The predicted octanol–water partition coefficient (Wildman–Crippen LogP) is 0.332. The molecule has 1 atom stereocenters. The van der Waals surface area contributed by atoms with E-state index in [0.29, 0.717) is 6.61 Å². The van der Waals surface area contributed by atoms with E-state index >= 15 is 0 Å². The van der Waals surface area contributed by atoms with E-state index in [1.54, 1.807) is 0 Å². The molecule has 0 spiro atoms. The van der Waals surface area contributed by atoms with Gasteiger partial charge < -0.3 is 9.47 Å². The van der Waals surface area contributed by atoms with E-state index < -0.39 is 0 Å². The SMILES string of the molecule is SC[C@@H]1COCCO1. The van der Waals surface area contributed by atoms with Gasteiger partial charge in [0.2, 0.25) is 0 Å². The van der Waals surface area contributed by atoms with Crippen LogP contribution in [-0.4, -0.2) is 31.7 Å². The fourth-order valence-electron chi connectivity index (χ4n) is 0.642. The van der Waals surface area contributed by atoms with Crippen LogP contribution in [0.4, 0.5) is 0 Å². The fraction of sp³-hybridized carbons (Fsp3) is 1.00. The van der Waals surface area contributed by atoms with Gasteiger partial charge in [-0.1, -0.05) is 0 Å². The molecule has 0 amide bonds. The third-order valence-corrected chi connectivity index (χ3v) is 1.50. The second-order valence-corrected chi connectivity index (χ2v) is 2.12. The molecule has 48 valence electrons. The van der Waals surface area contributed by atoms with Gasteiger partial charge in [-0.25, -0.2) is 0 Å². The maximum atomic E-state index is 5.23. The molecule has 1 fully saturated rings. The molecule has 2 nitrogen and oxygen atoms in total. The fourth-order valence-corrected chi connectivity index (χ4v) is 0.853. The van der Waals surface area contributed by atoms with Gasteiger partial charge in [-0.3, -0.25) is 0 Å². The quantitative estimate of drug-likeness (QED) is 0.521. The molecule has 0 aromatic rings. The molecule has 0 bridgehead atoms. The normalized spacial score (nSPS) is 30.4. The minimum absolute atomic E-state index is 0.229. The summed E-state index contributed by atoms with van der Waals surface area (Å²) >= 11 is 4.06. The molecule has 8 heavy (non-hydrogen) atoms. The highest BCUT2D eigenvalue weighted by Crippen LogP contribution is 2.00. The Morgan fingerprint density at radius 2 is 2.38 bits per heavy atom. The molecular weight excluding hydrogens is 124 g/mol. The summed E-state index contributed by atoms with van der Waals surface area (Å²) in [7, 11) is 0. The van der Waals surface area contributed by atoms with E-state index in [0.717, 1.165) is 19.0 Å². The largest absolute Gasteiger partial charge is 0.376 e. The van der Waals surface area contributed by atoms with Gasteiger partial charge in [0, 0.05) is 5.75 Å². The van der Waals surface area contributed by atoms with E-state index in [1.165, 1.54) is 0 Å². The summed E-state index contributed by atoms with van der Waals surface area (Å²) < 4.78 is 10.3. The van der Waals surface area contributed by atoms with Crippen molar-refractivity contribution in [3.8, 4) is 0 Å². The first-order valence-electron chi connectivity index (χ1n) is 2.73. The van der Waals surface area contributed by atoms with Gasteiger partial charge >= 0.3 is 0 Å². The Labute approximate surface area is 54.6 Å². The molecule has 0 saturated carbocycles. The van der Waals surface area contributed by atoms with E-state index in [9.17, 15) is 0 Å². The maximum absolute atomic E-state index is 5.23. The van der Waals surface area contributed by atoms with Crippen LogP contribution < -0.4 is 0 Å². The first kappa shape index (κ1) is 6.39. The van der Waals surface area contributed by atoms with Crippen molar-refractivity contribution < 1.29 is 9.47 Å². The van der Waals surface area contributed by atoms with Crippen molar-refractivity contribution in [3.05, 3.63) is 0 Å². The zero-order valence-electron chi connectivity index (χ0n) is 4.67. The molecule has 1 saturated heterocycles. The minimum Gasteiger partial charge on any atom is -0.376 e. The van der Waals surface area contributed by atoms with Crippen molar-refractivity contribution in [2.75, 3.05) is 25.6 Å². The average Bonchev–Trinajstić information content (AvgIpc) is 1.90. The Bertz CT molecular complexity index is 61.4. The zero-order valence-corrected chi connectivity index (χ0v) is 5.56. The van der Waals surface area contributed by atoms with E-state index in [1.807, 2.05) is 0 Å². The molecule has 0 radical (unpaired) electrons. The van der Waals surface area contributed by atoms with Gasteiger partial charge in [0.15, 0.2) is 0 Å². The third-order valence-electron chi connectivity index (χ3n) is 1.09. The Morgan fingerprint density at radius 3 is 2.75 bits per heavy atom. The standard InChI is InChI=1S/C5H10O2S/c8-4-5-3-6-1-2-7-5/h5,8H,1-4H2/t5-/m0/s1. The lowest BCUT2D eigenvalue weighted by Gasteiger charge is -2.20. The van der Waals surface area contributed by atoms with Crippen LogP contribution in [0.2, 0.25) is 0 Å². The van der Waals surface area contributed by atoms with Gasteiger partial charge in [-0.15, -0.1) is 0 Å². The van der Waals surface area contributed by atoms with Crippen LogP contribution in [0.15, 0.2) is 0 Å². The van der Waals surface area contributed by atoms with Gasteiger partial charge in [0.25, 0.3) is 0 Å². The number of hydrogen-bond acceptors (Lipinski definition) is 3. The monoisotopic (exact) mass is 134 g/mol. The van der Waals surface area contributed by atoms with Gasteiger partial charge in [0.1, 0.15) is 0 Å². The summed E-state index contributed by atoms with van der Waals surface area (Å²) in [5, 5.41) is 0. The summed E-state index contributed by atoms with van der Waals surface area (Å²) in [5.74, 6) is 0.764.